The molecule has 0 atom stereocenters. The maximum atomic E-state index is 11.9. The fraction of sp³-hybridized carbons (Fsp3) is 0.304. The quantitative estimate of drug-likeness (QED) is 0.454. The molecule has 10 heteroatoms. The summed E-state index contributed by atoms with van der Waals surface area (Å²) in [6.07, 6.45) is 5.66. The fourth-order valence-corrected chi connectivity index (χ4v) is 5.07. The summed E-state index contributed by atoms with van der Waals surface area (Å²) in [5.41, 5.74) is 11.6. The fourth-order valence-electron chi connectivity index (χ4n) is 4.07. The molecule has 1 fully saturated rings. The zero-order valence-electron chi connectivity index (χ0n) is 18.1. The van der Waals surface area contributed by atoms with Crippen LogP contribution in [0.3, 0.4) is 0 Å². The monoisotopic (exact) mass is 467 g/mol. The van der Waals surface area contributed by atoms with Gasteiger partial charge in [-0.1, -0.05) is 36.7 Å². The van der Waals surface area contributed by atoms with Crippen molar-refractivity contribution in [2.45, 2.75) is 38.1 Å². The summed E-state index contributed by atoms with van der Waals surface area (Å²) >= 11 is 1.35. The molecule has 3 aromatic rings. The van der Waals surface area contributed by atoms with Crippen LogP contribution in [0.2, 0.25) is 0 Å². The third-order valence-electron chi connectivity index (χ3n) is 5.80. The Bertz CT molecular complexity index is 1300. The molecule has 2 amide bonds. The second-order valence-electron chi connectivity index (χ2n) is 8.08. The smallest absolute Gasteiger partial charge is 0.252 e. The number of aromatic nitrogens is 2. The number of amides is 2. The lowest BCUT2D eigenvalue weighted by atomic mass is 9.94. The predicted octanol–water partition coefficient (Wildman–Crippen LogP) is 2.66. The van der Waals surface area contributed by atoms with Crippen LogP contribution in [0.5, 0.6) is 11.5 Å². The van der Waals surface area contributed by atoms with Gasteiger partial charge in [0, 0.05) is 29.3 Å². The van der Waals surface area contributed by atoms with Crippen LogP contribution in [0.4, 0.5) is 0 Å². The van der Waals surface area contributed by atoms with E-state index in [4.69, 9.17) is 16.5 Å². The summed E-state index contributed by atoms with van der Waals surface area (Å²) in [7, 11) is 1.80. The van der Waals surface area contributed by atoms with Crippen molar-refractivity contribution in [3.8, 4) is 33.2 Å². The SMILES string of the molecule is Cn1nc(-c2ccc(C(N)=O)c(O)c2-c2ccc(C(N)=O)cc2O)sc1=NC1CCCCC1. The van der Waals surface area contributed by atoms with Gasteiger partial charge in [-0.3, -0.25) is 14.6 Å². The molecule has 6 N–H and O–H groups in total. The molecular formula is C23H25N5O4S. The van der Waals surface area contributed by atoms with Crippen molar-refractivity contribution in [1.29, 1.82) is 0 Å². The molecule has 0 saturated heterocycles. The molecule has 1 aromatic heterocycles. The summed E-state index contributed by atoms with van der Waals surface area (Å²) in [6, 6.07) is 7.41. The van der Waals surface area contributed by atoms with Crippen molar-refractivity contribution in [3.63, 3.8) is 0 Å². The van der Waals surface area contributed by atoms with Crippen LogP contribution < -0.4 is 16.3 Å². The predicted molar refractivity (Wildman–Crippen MR) is 125 cm³/mol. The van der Waals surface area contributed by atoms with E-state index in [9.17, 15) is 19.8 Å². The average molecular weight is 468 g/mol. The number of aromatic hydroxyl groups is 2. The number of primary amides is 2. The van der Waals surface area contributed by atoms with Gasteiger partial charge in [0.25, 0.3) is 5.91 Å². The van der Waals surface area contributed by atoms with E-state index in [2.05, 4.69) is 5.10 Å². The third-order valence-corrected chi connectivity index (χ3v) is 6.85. The number of rotatable bonds is 5. The van der Waals surface area contributed by atoms with Gasteiger partial charge in [0.1, 0.15) is 16.5 Å². The lowest BCUT2D eigenvalue weighted by Crippen LogP contribution is -2.18. The lowest BCUT2D eigenvalue weighted by molar-refractivity contribution is 0.0990. The van der Waals surface area contributed by atoms with E-state index < -0.39 is 11.8 Å². The largest absolute Gasteiger partial charge is 0.507 e. The van der Waals surface area contributed by atoms with Gasteiger partial charge >= 0.3 is 0 Å². The first-order valence-corrected chi connectivity index (χ1v) is 11.4. The average Bonchev–Trinajstić information content (AvgIpc) is 3.14. The van der Waals surface area contributed by atoms with Crippen LogP contribution in [-0.2, 0) is 7.05 Å². The Morgan fingerprint density at radius 3 is 2.39 bits per heavy atom. The van der Waals surface area contributed by atoms with Gasteiger partial charge in [0.05, 0.1) is 11.6 Å². The minimum atomic E-state index is -0.814. The van der Waals surface area contributed by atoms with Gasteiger partial charge in [0.15, 0.2) is 0 Å². The highest BCUT2D eigenvalue weighted by Crippen LogP contribution is 2.44. The first-order chi connectivity index (χ1) is 15.8. The first kappa shape index (κ1) is 22.5. The zero-order valence-corrected chi connectivity index (χ0v) is 18.9. The van der Waals surface area contributed by atoms with E-state index in [0.717, 1.165) is 30.5 Å². The van der Waals surface area contributed by atoms with Crippen molar-refractivity contribution in [1.82, 2.24) is 9.78 Å². The molecule has 1 saturated carbocycles. The van der Waals surface area contributed by atoms with Crippen LogP contribution in [-0.4, -0.2) is 37.8 Å². The lowest BCUT2D eigenvalue weighted by Gasteiger charge is -2.16. The number of aryl methyl sites for hydroxylation is 1. The maximum absolute atomic E-state index is 11.9. The Morgan fingerprint density at radius 1 is 1.06 bits per heavy atom. The molecule has 0 radical (unpaired) electrons. The highest BCUT2D eigenvalue weighted by atomic mass is 32.1. The van der Waals surface area contributed by atoms with E-state index in [1.54, 1.807) is 17.8 Å². The number of carbonyl (C=O) groups excluding carboxylic acids is 2. The number of hydrogen-bond donors (Lipinski definition) is 4. The van der Waals surface area contributed by atoms with E-state index in [1.807, 2.05) is 0 Å². The number of benzene rings is 2. The molecule has 0 aliphatic heterocycles. The Labute approximate surface area is 194 Å². The van der Waals surface area contributed by atoms with E-state index in [1.165, 1.54) is 42.0 Å². The van der Waals surface area contributed by atoms with Crippen LogP contribution >= 0.6 is 11.3 Å². The summed E-state index contributed by atoms with van der Waals surface area (Å²) in [5.74, 6) is -2.18. The van der Waals surface area contributed by atoms with Crippen molar-refractivity contribution in [3.05, 3.63) is 46.3 Å². The number of phenolic OH excluding ortho intramolecular Hbond substituents is 1. The maximum Gasteiger partial charge on any atom is 0.252 e. The normalized spacial score (nSPS) is 15.0. The Kier molecular flexibility index (Phi) is 6.19. The van der Waals surface area contributed by atoms with Gasteiger partial charge in [-0.15, -0.1) is 0 Å². The number of carbonyl (C=O) groups is 2. The Balaban J connectivity index is 1.89. The second kappa shape index (κ2) is 9.07. The molecule has 2 aromatic carbocycles. The van der Waals surface area contributed by atoms with Crippen molar-refractivity contribution in [2.24, 2.45) is 23.5 Å². The first-order valence-electron chi connectivity index (χ1n) is 10.6. The third kappa shape index (κ3) is 4.47. The number of nitrogens with zero attached hydrogens (tertiary/aromatic N) is 3. The molecular weight excluding hydrogens is 442 g/mol. The van der Waals surface area contributed by atoms with Gasteiger partial charge in [-0.25, -0.2) is 4.68 Å². The summed E-state index contributed by atoms with van der Waals surface area (Å²) in [4.78, 5) is 29.0. The molecule has 1 heterocycles. The minimum absolute atomic E-state index is 0.0971. The van der Waals surface area contributed by atoms with E-state index in [-0.39, 0.29) is 39.8 Å². The number of nitrogens with two attached hydrogens (primary N) is 2. The molecule has 1 aliphatic rings. The van der Waals surface area contributed by atoms with Crippen LogP contribution in [0, 0.1) is 0 Å². The molecule has 0 unspecified atom stereocenters. The summed E-state index contributed by atoms with van der Waals surface area (Å²) in [6.45, 7) is 0. The number of hydrogen-bond acceptors (Lipinski definition) is 7. The number of phenols is 2. The van der Waals surface area contributed by atoms with Gasteiger partial charge < -0.3 is 21.7 Å². The molecule has 1 aliphatic carbocycles. The van der Waals surface area contributed by atoms with Crippen molar-refractivity contribution in [2.75, 3.05) is 0 Å². The summed E-state index contributed by atoms with van der Waals surface area (Å²) in [5, 5.41) is 26.7. The molecule has 4 rings (SSSR count). The van der Waals surface area contributed by atoms with Gasteiger partial charge in [0.2, 0.25) is 10.7 Å². The van der Waals surface area contributed by atoms with E-state index in [0.29, 0.717) is 10.6 Å². The zero-order chi connectivity index (χ0) is 23.7. The molecule has 9 nitrogen and oxygen atoms in total. The van der Waals surface area contributed by atoms with Crippen molar-refractivity contribution < 1.29 is 19.8 Å². The molecule has 172 valence electrons. The van der Waals surface area contributed by atoms with Gasteiger partial charge in [-0.2, -0.15) is 5.10 Å². The topological polar surface area (TPSA) is 157 Å². The standard InChI is InChI=1S/C23H25N5O4S/c1-28-23(26-13-5-3-2-4-6-13)33-22(27-28)15-9-10-16(21(25)32)19(30)18(15)14-8-7-12(20(24)31)11-17(14)29/h7-11,13,29-30H,2-6H2,1H3,(H2,24,31)(H2,25,32). The highest BCUT2D eigenvalue weighted by Gasteiger charge is 2.23. The minimum Gasteiger partial charge on any atom is -0.507 e. The molecule has 0 spiro atoms. The molecule has 33 heavy (non-hydrogen) atoms. The van der Waals surface area contributed by atoms with Crippen LogP contribution in [0.15, 0.2) is 35.3 Å². The van der Waals surface area contributed by atoms with Crippen LogP contribution in [0.1, 0.15) is 52.8 Å². The molecule has 0 bridgehead atoms. The Morgan fingerprint density at radius 2 is 1.76 bits per heavy atom. The second-order valence-corrected chi connectivity index (χ2v) is 9.04. The highest BCUT2D eigenvalue weighted by molar-refractivity contribution is 7.12. The van der Waals surface area contributed by atoms with Gasteiger partial charge in [-0.05, 0) is 37.1 Å². The van der Waals surface area contributed by atoms with Crippen molar-refractivity contribution >= 4 is 23.2 Å². The summed E-state index contributed by atoms with van der Waals surface area (Å²) < 4.78 is 1.69. The van der Waals surface area contributed by atoms with Crippen LogP contribution in [0.25, 0.3) is 21.7 Å². The van der Waals surface area contributed by atoms with E-state index >= 15 is 0 Å². The Hall–Kier alpha value is -3.66.